The number of benzene rings is 1. The van der Waals surface area contributed by atoms with Crippen molar-refractivity contribution in [2.24, 2.45) is 0 Å². The van der Waals surface area contributed by atoms with Crippen LogP contribution in [-0.4, -0.2) is 17.9 Å². The molecule has 2 nitrogen and oxygen atoms in total. The van der Waals surface area contributed by atoms with E-state index >= 15 is 0 Å². The minimum Gasteiger partial charge on any atom is -0.343 e. The Kier molecular flexibility index (Phi) is 9.21. The van der Waals surface area contributed by atoms with Crippen LogP contribution in [0.4, 0.5) is 13.2 Å². The SMILES string of the molecule is C=CC(C#Cc1cccc(F)c1)=CC=C(CCC)C(=O)NC(C)C(F)(F)C(=C)C. The fourth-order valence-electron chi connectivity index (χ4n) is 2.35. The van der Waals surface area contributed by atoms with Gasteiger partial charge in [0.2, 0.25) is 5.91 Å². The van der Waals surface area contributed by atoms with Gasteiger partial charge >= 0.3 is 0 Å². The van der Waals surface area contributed by atoms with Crippen LogP contribution in [0.15, 0.2) is 72.4 Å². The molecule has 0 heterocycles. The first-order valence-corrected chi connectivity index (χ1v) is 9.27. The Hall–Kier alpha value is -3.00. The van der Waals surface area contributed by atoms with Gasteiger partial charge in [0, 0.05) is 16.7 Å². The number of halogens is 3. The number of hydrogen-bond donors (Lipinski definition) is 1. The minimum absolute atomic E-state index is 0.312. The molecule has 0 aliphatic rings. The molecular weight excluding hydrogens is 375 g/mol. The van der Waals surface area contributed by atoms with E-state index in [-0.39, 0.29) is 11.4 Å². The van der Waals surface area contributed by atoms with Crippen LogP contribution in [0.5, 0.6) is 0 Å². The molecule has 1 unspecified atom stereocenters. The maximum absolute atomic E-state index is 14.0. The van der Waals surface area contributed by atoms with Crippen LogP contribution < -0.4 is 5.32 Å². The van der Waals surface area contributed by atoms with Crippen LogP contribution in [0.1, 0.15) is 39.2 Å². The van der Waals surface area contributed by atoms with Gasteiger partial charge in [-0.25, -0.2) is 4.39 Å². The van der Waals surface area contributed by atoms with Crippen LogP contribution in [0.3, 0.4) is 0 Å². The predicted octanol–water partition coefficient (Wildman–Crippen LogP) is 5.73. The Morgan fingerprint density at radius 3 is 2.59 bits per heavy atom. The maximum Gasteiger partial charge on any atom is 0.288 e. The molecule has 1 N–H and O–H groups in total. The third-order valence-corrected chi connectivity index (χ3v) is 4.13. The van der Waals surface area contributed by atoms with Gasteiger partial charge in [0.1, 0.15) is 5.82 Å². The van der Waals surface area contributed by atoms with Crippen molar-refractivity contribution < 1.29 is 18.0 Å². The summed E-state index contributed by atoms with van der Waals surface area (Å²) < 4.78 is 41.2. The largest absolute Gasteiger partial charge is 0.343 e. The summed E-state index contributed by atoms with van der Waals surface area (Å²) in [6.07, 6.45) is 5.71. The molecule has 1 amide bonds. The van der Waals surface area contributed by atoms with Gasteiger partial charge < -0.3 is 5.32 Å². The number of rotatable bonds is 8. The van der Waals surface area contributed by atoms with Gasteiger partial charge in [0.25, 0.3) is 5.92 Å². The summed E-state index contributed by atoms with van der Waals surface area (Å²) in [5.41, 5.74) is 1.05. The molecule has 0 aromatic heterocycles. The molecule has 0 aliphatic carbocycles. The van der Waals surface area contributed by atoms with Crippen LogP contribution in [0, 0.1) is 17.7 Å². The Bertz CT molecular complexity index is 885. The molecule has 0 saturated carbocycles. The average molecular weight is 401 g/mol. The number of carbonyl (C=O) groups excluding carboxylic acids is 1. The third-order valence-electron chi connectivity index (χ3n) is 4.13. The van der Waals surface area contributed by atoms with Gasteiger partial charge in [-0.2, -0.15) is 8.78 Å². The van der Waals surface area contributed by atoms with Gasteiger partial charge in [-0.15, -0.1) is 0 Å². The topological polar surface area (TPSA) is 29.1 Å². The summed E-state index contributed by atoms with van der Waals surface area (Å²) in [4.78, 5) is 12.5. The smallest absolute Gasteiger partial charge is 0.288 e. The average Bonchev–Trinajstić information content (AvgIpc) is 2.66. The lowest BCUT2D eigenvalue weighted by molar-refractivity contribution is -0.120. The van der Waals surface area contributed by atoms with E-state index in [1.165, 1.54) is 32.1 Å². The molecule has 1 aromatic carbocycles. The monoisotopic (exact) mass is 401 g/mol. The number of amides is 1. The highest BCUT2D eigenvalue weighted by molar-refractivity contribution is 5.94. The van der Waals surface area contributed by atoms with Crippen molar-refractivity contribution in [3.63, 3.8) is 0 Å². The predicted molar refractivity (Wildman–Crippen MR) is 112 cm³/mol. The zero-order valence-electron chi connectivity index (χ0n) is 17.0. The molecule has 29 heavy (non-hydrogen) atoms. The van der Waals surface area contributed by atoms with Gasteiger partial charge in [-0.05, 0) is 50.1 Å². The molecular formula is C24H26F3NO. The Balaban J connectivity index is 3.05. The van der Waals surface area contributed by atoms with Crippen molar-refractivity contribution in [3.05, 3.63) is 83.8 Å². The van der Waals surface area contributed by atoms with Gasteiger partial charge in [0.15, 0.2) is 0 Å². The Morgan fingerprint density at radius 1 is 1.34 bits per heavy atom. The lowest BCUT2D eigenvalue weighted by Crippen LogP contribution is -2.46. The zero-order valence-corrected chi connectivity index (χ0v) is 17.0. The first-order chi connectivity index (χ1) is 13.6. The summed E-state index contributed by atoms with van der Waals surface area (Å²) in [7, 11) is 0. The second-order valence-corrected chi connectivity index (χ2v) is 6.63. The zero-order chi connectivity index (χ0) is 22.0. The quantitative estimate of drug-likeness (QED) is 0.256. The second-order valence-electron chi connectivity index (χ2n) is 6.63. The Labute approximate surface area is 170 Å². The lowest BCUT2D eigenvalue weighted by Gasteiger charge is -2.25. The number of nitrogens with one attached hydrogen (secondary N) is 1. The highest BCUT2D eigenvalue weighted by Gasteiger charge is 2.38. The highest BCUT2D eigenvalue weighted by Crippen LogP contribution is 2.26. The summed E-state index contributed by atoms with van der Waals surface area (Å²) in [5.74, 6) is 1.51. The van der Waals surface area contributed by atoms with Crippen molar-refractivity contribution in [2.45, 2.75) is 45.6 Å². The molecule has 0 saturated heterocycles. The first kappa shape index (κ1) is 24.0. The lowest BCUT2D eigenvalue weighted by atomic mass is 10.0. The second kappa shape index (κ2) is 11.1. The number of hydrogen-bond acceptors (Lipinski definition) is 1. The van der Waals surface area contributed by atoms with Crippen LogP contribution in [-0.2, 0) is 4.79 Å². The van der Waals surface area contributed by atoms with Gasteiger partial charge in [-0.3, -0.25) is 4.79 Å². The molecule has 5 heteroatoms. The first-order valence-electron chi connectivity index (χ1n) is 9.27. The van der Waals surface area contributed by atoms with E-state index in [4.69, 9.17) is 0 Å². The van der Waals surface area contributed by atoms with E-state index in [0.29, 0.717) is 29.6 Å². The molecule has 0 radical (unpaired) electrons. The minimum atomic E-state index is -3.20. The van der Waals surface area contributed by atoms with Crippen molar-refractivity contribution >= 4 is 5.91 Å². The fraction of sp³-hybridized carbons (Fsp3) is 0.292. The van der Waals surface area contributed by atoms with E-state index in [0.717, 1.165) is 0 Å². The normalized spacial score (nSPS) is 13.2. The highest BCUT2D eigenvalue weighted by atomic mass is 19.3. The van der Waals surface area contributed by atoms with Crippen molar-refractivity contribution in [3.8, 4) is 11.8 Å². The molecule has 1 atom stereocenters. The summed E-state index contributed by atoms with van der Waals surface area (Å²) in [6.45, 7) is 11.3. The third kappa shape index (κ3) is 7.50. The summed E-state index contributed by atoms with van der Waals surface area (Å²) in [6, 6.07) is 4.48. The van der Waals surface area contributed by atoms with E-state index in [9.17, 15) is 18.0 Å². The Morgan fingerprint density at radius 2 is 2.03 bits per heavy atom. The molecule has 0 aliphatic heterocycles. The molecule has 154 valence electrons. The number of alkyl halides is 2. The standard InChI is InChI=1S/C24H26F3NO/c1-6-9-21(23(29)28-18(5)24(26,27)17(3)4)15-14-19(7-2)12-13-20-10-8-11-22(25)16-20/h7-8,10-11,14-16,18H,2-3,6,9H2,1,4-5H3,(H,28,29). The van der Waals surface area contributed by atoms with Crippen molar-refractivity contribution in [1.82, 2.24) is 5.32 Å². The summed E-state index contributed by atoms with van der Waals surface area (Å²) in [5, 5.41) is 2.34. The van der Waals surface area contributed by atoms with Gasteiger partial charge in [0.05, 0.1) is 6.04 Å². The van der Waals surface area contributed by atoms with E-state index in [1.807, 2.05) is 6.92 Å². The van der Waals surface area contributed by atoms with Gasteiger partial charge in [-0.1, -0.05) is 56.6 Å². The number of allylic oxidation sites excluding steroid dienone is 4. The number of carbonyl (C=O) groups is 1. The molecule has 0 spiro atoms. The van der Waals surface area contributed by atoms with Crippen LogP contribution >= 0.6 is 0 Å². The molecule has 1 rings (SSSR count). The maximum atomic E-state index is 14.0. The van der Waals surface area contributed by atoms with Crippen molar-refractivity contribution in [2.75, 3.05) is 0 Å². The van der Waals surface area contributed by atoms with Crippen LogP contribution in [0.25, 0.3) is 0 Å². The molecule has 1 aromatic rings. The van der Waals surface area contributed by atoms with E-state index in [1.54, 1.807) is 24.3 Å². The van der Waals surface area contributed by atoms with Crippen LogP contribution in [0.2, 0.25) is 0 Å². The fourth-order valence-corrected chi connectivity index (χ4v) is 2.35. The molecule has 0 fully saturated rings. The van der Waals surface area contributed by atoms with E-state index in [2.05, 4.69) is 30.3 Å². The van der Waals surface area contributed by atoms with E-state index < -0.39 is 17.9 Å². The molecule has 0 bridgehead atoms. The summed E-state index contributed by atoms with van der Waals surface area (Å²) >= 11 is 0. The van der Waals surface area contributed by atoms with Crippen molar-refractivity contribution in [1.29, 1.82) is 0 Å².